The van der Waals surface area contributed by atoms with Gasteiger partial charge in [-0.1, -0.05) is 42.5 Å². The molecule has 0 bridgehead atoms. The Kier molecular flexibility index (Phi) is 3.71. The zero-order valence-electron chi connectivity index (χ0n) is 15.3. The van der Waals surface area contributed by atoms with Crippen LogP contribution >= 0.6 is 0 Å². The van der Waals surface area contributed by atoms with E-state index in [0.29, 0.717) is 5.69 Å². The molecule has 134 valence electrons. The molecule has 3 aromatic rings. The van der Waals surface area contributed by atoms with Crippen molar-refractivity contribution >= 4 is 23.1 Å². The zero-order valence-corrected chi connectivity index (χ0v) is 15.3. The first-order chi connectivity index (χ1) is 13.2. The fraction of sp³-hybridized carbons (Fsp3) is 0.217. The van der Waals surface area contributed by atoms with Gasteiger partial charge in [-0.2, -0.15) is 0 Å². The monoisotopic (exact) mass is 355 g/mol. The van der Waals surface area contributed by atoms with Crippen LogP contribution in [-0.4, -0.2) is 23.5 Å². The van der Waals surface area contributed by atoms with Gasteiger partial charge in [-0.05, 0) is 55.2 Å². The third kappa shape index (κ3) is 2.60. The van der Waals surface area contributed by atoms with E-state index in [2.05, 4.69) is 42.2 Å². The average Bonchev–Trinajstić information content (AvgIpc) is 3.28. The predicted molar refractivity (Wildman–Crippen MR) is 108 cm³/mol. The summed E-state index contributed by atoms with van der Waals surface area (Å²) in [5.74, 6) is 0.813. The normalized spacial score (nSPS) is 17.7. The summed E-state index contributed by atoms with van der Waals surface area (Å²) in [5, 5.41) is 0. The number of anilines is 3. The van der Waals surface area contributed by atoms with Crippen molar-refractivity contribution in [1.82, 2.24) is 4.98 Å². The average molecular weight is 355 g/mol. The number of amides is 1. The summed E-state index contributed by atoms with van der Waals surface area (Å²) in [4.78, 5) is 22.1. The van der Waals surface area contributed by atoms with E-state index in [0.717, 1.165) is 30.9 Å². The molecule has 2 aliphatic rings. The van der Waals surface area contributed by atoms with Gasteiger partial charge >= 0.3 is 0 Å². The van der Waals surface area contributed by atoms with Crippen LogP contribution in [0.25, 0.3) is 0 Å². The molecule has 0 radical (unpaired) electrons. The molecule has 4 nitrogen and oxygen atoms in total. The predicted octanol–water partition coefficient (Wildman–Crippen LogP) is 4.37. The van der Waals surface area contributed by atoms with Crippen molar-refractivity contribution in [3.8, 4) is 0 Å². The second kappa shape index (κ2) is 6.23. The highest BCUT2D eigenvalue weighted by Crippen LogP contribution is 2.35. The van der Waals surface area contributed by atoms with E-state index in [1.54, 1.807) is 0 Å². The van der Waals surface area contributed by atoms with Gasteiger partial charge in [-0.15, -0.1) is 0 Å². The molecule has 2 aromatic carbocycles. The number of pyridine rings is 1. The topological polar surface area (TPSA) is 36.4 Å². The number of benzene rings is 2. The van der Waals surface area contributed by atoms with Gasteiger partial charge in [0, 0.05) is 24.0 Å². The third-order valence-electron chi connectivity index (χ3n) is 5.54. The molecule has 1 atom stereocenters. The SMILES string of the molecule is CC1Cc2ccccc2N1C(=O)c1cccc(N2CCc3ccccc32)n1. The Morgan fingerprint density at radius 3 is 2.52 bits per heavy atom. The molecule has 3 heterocycles. The molecule has 0 N–H and O–H groups in total. The van der Waals surface area contributed by atoms with Crippen molar-refractivity contribution in [2.24, 2.45) is 0 Å². The lowest BCUT2D eigenvalue weighted by Gasteiger charge is -2.23. The number of hydrogen-bond donors (Lipinski definition) is 0. The summed E-state index contributed by atoms with van der Waals surface area (Å²) in [6.45, 7) is 2.99. The van der Waals surface area contributed by atoms with E-state index in [-0.39, 0.29) is 11.9 Å². The number of nitrogens with zero attached hydrogens (tertiary/aromatic N) is 3. The van der Waals surface area contributed by atoms with Crippen molar-refractivity contribution in [3.63, 3.8) is 0 Å². The number of fused-ring (bicyclic) bond motifs is 2. The molecule has 2 aliphatic heterocycles. The minimum Gasteiger partial charge on any atom is -0.326 e. The molecule has 0 saturated heterocycles. The Balaban J connectivity index is 1.49. The van der Waals surface area contributed by atoms with Crippen molar-refractivity contribution in [1.29, 1.82) is 0 Å². The minimum absolute atomic E-state index is 0.0261. The van der Waals surface area contributed by atoms with Gasteiger partial charge in [-0.3, -0.25) is 4.79 Å². The molecule has 1 unspecified atom stereocenters. The van der Waals surface area contributed by atoms with E-state index in [4.69, 9.17) is 4.98 Å². The van der Waals surface area contributed by atoms with E-state index in [1.165, 1.54) is 16.8 Å². The largest absolute Gasteiger partial charge is 0.326 e. The fourth-order valence-corrected chi connectivity index (χ4v) is 4.27. The molecule has 4 heteroatoms. The summed E-state index contributed by atoms with van der Waals surface area (Å²) in [6.07, 6.45) is 1.90. The summed E-state index contributed by atoms with van der Waals surface area (Å²) >= 11 is 0. The van der Waals surface area contributed by atoms with Gasteiger partial charge in [-0.25, -0.2) is 4.98 Å². The quantitative estimate of drug-likeness (QED) is 0.685. The van der Waals surface area contributed by atoms with Crippen LogP contribution in [0, 0.1) is 0 Å². The highest BCUT2D eigenvalue weighted by Gasteiger charge is 2.32. The van der Waals surface area contributed by atoms with E-state index in [9.17, 15) is 4.79 Å². The Morgan fingerprint density at radius 1 is 0.926 bits per heavy atom. The lowest BCUT2D eigenvalue weighted by atomic mass is 10.1. The van der Waals surface area contributed by atoms with Gasteiger partial charge < -0.3 is 9.80 Å². The summed E-state index contributed by atoms with van der Waals surface area (Å²) in [5.41, 5.74) is 5.25. The van der Waals surface area contributed by atoms with Crippen LogP contribution < -0.4 is 9.80 Å². The lowest BCUT2D eigenvalue weighted by molar-refractivity contribution is 0.0977. The van der Waals surface area contributed by atoms with Gasteiger partial charge in [0.1, 0.15) is 11.5 Å². The first-order valence-corrected chi connectivity index (χ1v) is 9.46. The molecule has 0 aliphatic carbocycles. The van der Waals surface area contributed by atoms with Gasteiger partial charge in [0.15, 0.2) is 0 Å². The van der Waals surface area contributed by atoms with Crippen LogP contribution in [-0.2, 0) is 12.8 Å². The second-order valence-corrected chi connectivity index (χ2v) is 7.27. The Labute approximate surface area is 159 Å². The molecule has 1 aromatic heterocycles. The molecule has 1 amide bonds. The maximum Gasteiger partial charge on any atom is 0.277 e. The first-order valence-electron chi connectivity index (χ1n) is 9.46. The van der Waals surface area contributed by atoms with Crippen LogP contribution in [0.4, 0.5) is 17.2 Å². The molecule has 0 saturated carbocycles. The van der Waals surface area contributed by atoms with Crippen LogP contribution in [0.2, 0.25) is 0 Å². The van der Waals surface area contributed by atoms with Crippen molar-refractivity contribution < 1.29 is 4.79 Å². The summed E-state index contributed by atoms with van der Waals surface area (Å²) in [6, 6.07) is 22.4. The Bertz CT molecular complexity index is 1030. The molecular weight excluding hydrogens is 334 g/mol. The highest BCUT2D eigenvalue weighted by atomic mass is 16.2. The Morgan fingerprint density at radius 2 is 1.67 bits per heavy atom. The van der Waals surface area contributed by atoms with Crippen LogP contribution in [0.3, 0.4) is 0 Å². The molecule has 5 rings (SSSR count). The first kappa shape index (κ1) is 16.1. The minimum atomic E-state index is -0.0261. The number of para-hydroxylation sites is 2. The van der Waals surface area contributed by atoms with Gasteiger partial charge in [0.2, 0.25) is 0 Å². The van der Waals surface area contributed by atoms with E-state index >= 15 is 0 Å². The molecule has 27 heavy (non-hydrogen) atoms. The maximum atomic E-state index is 13.3. The van der Waals surface area contributed by atoms with Crippen LogP contribution in [0.1, 0.15) is 28.5 Å². The third-order valence-corrected chi connectivity index (χ3v) is 5.54. The smallest absolute Gasteiger partial charge is 0.277 e. The maximum absolute atomic E-state index is 13.3. The Hall–Kier alpha value is -3.14. The molecular formula is C23H21N3O. The molecule has 0 fully saturated rings. The van der Waals surface area contributed by atoms with Crippen molar-refractivity contribution in [2.45, 2.75) is 25.8 Å². The fourth-order valence-electron chi connectivity index (χ4n) is 4.27. The van der Waals surface area contributed by atoms with Crippen LogP contribution in [0.5, 0.6) is 0 Å². The lowest BCUT2D eigenvalue weighted by Crippen LogP contribution is -2.36. The number of rotatable bonds is 2. The zero-order chi connectivity index (χ0) is 18.4. The standard InChI is InChI=1S/C23H21N3O/c1-16-15-18-8-3-5-11-21(18)26(16)23(27)19-9-6-12-22(24-19)25-14-13-17-7-2-4-10-20(17)25/h2-12,16H,13-15H2,1H3. The highest BCUT2D eigenvalue weighted by molar-refractivity contribution is 6.06. The van der Waals surface area contributed by atoms with Crippen LogP contribution in [0.15, 0.2) is 66.7 Å². The summed E-state index contributed by atoms with van der Waals surface area (Å²) < 4.78 is 0. The van der Waals surface area contributed by atoms with Crippen molar-refractivity contribution in [3.05, 3.63) is 83.6 Å². The van der Waals surface area contributed by atoms with Gasteiger partial charge in [0.05, 0.1) is 0 Å². The number of carbonyl (C=O) groups is 1. The van der Waals surface area contributed by atoms with Crippen molar-refractivity contribution in [2.75, 3.05) is 16.3 Å². The number of aromatic nitrogens is 1. The number of hydrogen-bond acceptors (Lipinski definition) is 3. The van der Waals surface area contributed by atoms with E-state index < -0.39 is 0 Å². The molecule has 0 spiro atoms. The second-order valence-electron chi connectivity index (χ2n) is 7.27. The summed E-state index contributed by atoms with van der Waals surface area (Å²) in [7, 11) is 0. The van der Waals surface area contributed by atoms with Gasteiger partial charge in [0.25, 0.3) is 5.91 Å². The van der Waals surface area contributed by atoms with E-state index in [1.807, 2.05) is 41.3 Å². The number of carbonyl (C=O) groups excluding carboxylic acids is 1.